The number of aromatic nitrogens is 2. The highest BCUT2D eigenvalue weighted by Crippen LogP contribution is 2.18. The van der Waals surface area contributed by atoms with Crippen molar-refractivity contribution in [3.8, 4) is 0 Å². The van der Waals surface area contributed by atoms with Crippen LogP contribution >= 0.6 is 0 Å². The van der Waals surface area contributed by atoms with Gasteiger partial charge in [0.25, 0.3) is 11.5 Å². The van der Waals surface area contributed by atoms with Crippen molar-refractivity contribution in [2.45, 2.75) is 65.0 Å². The second-order valence-corrected chi connectivity index (χ2v) is 8.47. The number of nitrogens with one attached hydrogen (secondary N) is 1. The van der Waals surface area contributed by atoms with Gasteiger partial charge in [0.1, 0.15) is 5.82 Å². The van der Waals surface area contributed by atoms with E-state index in [1.54, 1.807) is 22.8 Å². The Bertz CT molecular complexity index is 1230. The zero-order valence-corrected chi connectivity index (χ0v) is 19.1. The van der Waals surface area contributed by atoms with Crippen LogP contribution in [0.15, 0.2) is 47.3 Å². The summed E-state index contributed by atoms with van der Waals surface area (Å²) in [4.78, 5) is 42.8. The van der Waals surface area contributed by atoms with Crippen LogP contribution < -0.4 is 10.9 Å². The highest BCUT2D eigenvalue weighted by Gasteiger charge is 2.20. The predicted molar refractivity (Wildman–Crippen MR) is 128 cm³/mol. The Kier molecular flexibility index (Phi) is 6.87. The van der Waals surface area contributed by atoms with Gasteiger partial charge in [-0.15, -0.1) is 0 Å². The van der Waals surface area contributed by atoms with E-state index in [-0.39, 0.29) is 11.1 Å². The van der Waals surface area contributed by atoms with Crippen LogP contribution in [-0.2, 0) is 28.9 Å². The average Bonchev–Trinajstić information content (AvgIpc) is 2.80. The molecule has 1 atom stereocenters. The summed E-state index contributed by atoms with van der Waals surface area (Å²) >= 11 is 0. The Morgan fingerprint density at radius 1 is 1.09 bits per heavy atom. The van der Waals surface area contributed by atoms with E-state index in [2.05, 4.69) is 17.2 Å². The zero-order valence-electron chi connectivity index (χ0n) is 19.1. The number of nitrogens with zero attached hydrogens (tertiary/aromatic N) is 2. The SMILES string of the molecule is CCc1ccc(NC(=O)C(C)OC(=O)c2ccc3c(=O)n4c(nc3c2)CCCCCC4)cc1. The van der Waals surface area contributed by atoms with Crippen LogP contribution in [0.2, 0.25) is 0 Å². The topological polar surface area (TPSA) is 90.3 Å². The number of fused-ring (bicyclic) bond motifs is 2. The molecule has 0 fully saturated rings. The van der Waals surface area contributed by atoms with Crippen LogP contribution in [0.25, 0.3) is 10.9 Å². The molecule has 0 aliphatic carbocycles. The van der Waals surface area contributed by atoms with Crippen LogP contribution in [0.1, 0.15) is 61.3 Å². The molecule has 2 heterocycles. The highest BCUT2D eigenvalue weighted by molar-refractivity contribution is 5.98. The standard InChI is InChI=1S/C26H29N3O4/c1-3-18-9-12-20(13-10-18)27-24(30)17(2)33-26(32)19-11-14-21-22(16-19)28-23-8-6-4-5-7-15-29(23)25(21)31/h9-14,16-17H,3-8,15H2,1-2H3,(H,27,30). The summed E-state index contributed by atoms with van der Waals surface area (Å²) in [5.74, 6) is -0.278. The first kappa shape index (κ1) is 22.7. The van der Waals surface area contributed by atoms with Crippen molar-refractivity contribution in [3.63, 3.8) is 0 Å². The lowest BCUT2D eigenvalue weighted by Crippen LogP contribution is -2.30. The number of carbonyl (C=O) groups excluding carboxylic acids is 2. The van der Waals surface area contributed by atoms with Crippen LogP contribution in [0.4, 0.5) is 5.69 Å². The van der Waals surface area contributed by atoms with Gasteiger partial charge in [0.05, 0.1) is 16.5 Å². The Balaban J connectivity index is 1.49. The molecule has 0 saturated carbocycles. The maximum absolute atomic E-state index is 13.0. The third-order valence-corrected chi connectivity index (χ3v) is 6.08. The van der Waals surface area contributed by atoms with Crippen molar-refractivity contribution < 1.29 is 14.3 Å². The molecule has 0 bridgehead atoms. The van der Waals surface area contributed by atoms with E-state index in [1.807, 2.05) is 24.3 Å². The van der Waals surface area contributed by atoms with Gasteiger partial charge in [-0.1, -0.05) is 31.9 Å². The molecule has 172 valence electrons. The van der Waals surface area contributed by atoms with Gasteiger partial charge in [0.15, 0.2) is 6.10 Å². The lowest BCUT2D eigenvalue weighted by Gasteiger charge is -2.17. The van der Waals surface area contributed by atoms with Gasteiger partial charge in [-0.3, -0.25) is 14.2 Å². The van der Waals surface area contributed by atoms with Gasteiger partial charge in [0.2, 0.25) is 0 Å². The Hall–Kier alpha value is -3.48. The van der Waals surface area contributed by atoms with Gasteiger partial charge in [0, 0.05) is 18.7 Å². The molecule has 1 N–H and O–H groups in total. The van der Waals surface area contributed by atoms with Gasteiger partial charge >= 0.3 is 5.97 Å². The molecule has 1 aliphatic rings. The van der Waals surface area contributed by atoms with Crippen molar-refractivity contribution in [2.75, 3.05) is 5.32 Å². The average molecular weight is 448 g/mol. The van der Waals surface area contributed by atoms with Gasteiger partial charge < -0.3 is 10.1 Å². The summed E-state index contributed by atoms with van der Waals surface area (Å²) in [6.45, 7) is 4.27. The maximum atomic E-state index is 13.0. The smallest absolute Gasteiger partial charge is 0.338 e. The molecule has 4 rings (SSSR count). The number of amides is 1. The molecule has 1 amide bonds. The third kappa shape index (κ3) is 5.13. The van der Waals surface area contributed by atoms with Crippen LogP contribution in [0, 0.1) is 0 Å². The second kappa shape index (κ2) is 9.98. The highest BCUT2D eigenvalue weighted by atomic mass is 16.5. The van der Waals surface area contributed by atoms with Gasteiger partial charge in [-0.25, -0.2) is 9.78 Å². The summed E-state index contributed by atoms with van der Waals surface area (Å²) in [5, 5.41) is 3.24. The van der Waals surface area contributed by atoms with Crippen molar-refractivity contribution in [3.05, 3.63) is 69.8 Å². The summed E-state index contributed by atoms with van der Waals surface area (Å²) in [5.41, 5.74) is 2.49. The molecular weight excluding hydrogens is 418 g/mol. The molecule has 3 aromatic rings. The Labute approximate surface area is 192 Å². The number of aryl methyl sites for hydroxylation is 2. The van der Waals surface area contributed by atoms with E-state index in [1.165, 1.54) is 12.5 Å². The number of hydrogen-bond acceptors (Lipinski definition) is 5. The van der Waals surface area contributed by atoms with Crippen molar-refractivity contribution in [2.24, 2.45) is 0 Å². The van der Waals surface area contributed by atoms with E-state index in [4.69, 9.17) is 4.74 Å². The minimum absolute atomic E-state index is 0.0707. The number of esters is 1. The minimum Gasteiger partial charge on any atom is -0.449 e. The van der Waals surface area contributed by atoms with Crippen LogP contribution in [0.3, 0.4) is 0 Å². The predicted octanol–water partition coefficient (Wildman–Crippen LogP) is 4.26. The molecular formula is C26H29N3O4. The van der Waals surface area contributed by atoms with Gasteiger partial charge in [-0.05, 0) is 62.1 Å². The van der Waals surface area contributed by atoms with E-state index in [0.717, 1.165) is 44.3 Å². The quantitative estimate of drug-likeness (QED) is 0.590. The molecule has 2 aromatic carbocycles. The summed E-state index contributed by atoms with van der Waals surface area (Å²) in [6, 6.07) is 12.3. The molecule has 1 aliphatic heterocycles. The number of benzene rings is 2. The lowest BCUT2D eigenvalue weighted by molar-refractivity contribution is -0.123. The molecule has 1 aromatic heterocycles. The molecule has 0 radical (unpaired) electrons. The van der Waals surface area contributed by atoms with Crippen LogP contribution in [0.5, 0.6) is 0 Å². The molecule has 1 unspecified atom stereocenters. The lowest BCUT2D eigenvalue weighted by atomic mass is 10.1. The molecule has 0 spiro atoms. The van der Waals surface area contributed by atoms with Crippen molar-refractivity contribution in [1.82, 2.24) is 9.55 Å². The van der Waals surface area contributed by atoms with Crippen LogP contribution in [-0.4, -0.2) is 27.5 Å². The number of carbonyl (C=O) groups is 2. The first-order valence-electron chi connectivity index (χ1n) is 11.6. The maximum Gasteiger partial charge on any atom is 0.338 e. The Morgan fingerprint density at radius 2 is 1.85 bits per heavy atom. The molecule has 33 heavy (non-hydrogen) atoms. The van der Waals surface area contributed by atoms with E-state index in [9.17, 15) is 14.4 Å². The normalized spacial score (nSPS) is 14.6. The fourth-order valence-corrected chi connectivity index (χ4v) is 4.07. The fourth-order valence-electron chi connectivity index (χ4n) is 4.07. The molecule has 7 heteroatoms. The minimum atomic E-state index is -0.978. The summed E-state index contributed by atoms with van der Waals surface area (Å²) < 4.78 is 7.14. The molecule has 0 saturated heterocycles. The number of rotatable bonds is 5. The van der Waals surface area contributed by atoms with Crippen molar-refractivity contribution in [1.29, 1.82) is 0 Å². The second-order valence-electron chi connectivity index (χ2n) is 8.47. The molecule has 7 nitrogen and oxygen atoms in total. The number of anilines is 1. The first-order chi connectivity index (χ1) is 16.0. The van der Waals surface area contributed by atoms with E-state index in [0.29, 0.717) is 23.1 Å². The van der Waals surface area contributed by atoms with E-state index < -0.39 is 18.0 Å². The first-order valence-corrected chi connectivity index (χ1v) is 11.6. The van der Waals surface area contributed by atoms with Crippen molar-refractivity contribution >= 4 is 28.5 Å². The number of hydrogen-bond donors (Lipinski definition) is 1. The number of ether oxygens (including phenoxy) is 1. The summed E-state index contributed by atoms with van der Waals surface area (Å²) in [6.07, 6.45) is 4.89. The fraction of sp³-hybridized carbons (Fsp3) is 0.385. The summed E-state index contributed by atoms with van der Waals surface area (Å²) in [7, 11) is 0. The Morgan fingerprint density at radius 3 is 2.61 bits per heavy atom. The monoisotopic (exact) mass is 447 g/mol. The van der Waals surface area contributed by atoms with Gasteiger partial charge in [-0.2, -0.15) is 0 Å². The van der Waals surface area contributed by atoms with E-state index >= 15 is 0 Å². The third-order valence-electron chi connectivity index (χ3n) is 6.08. The largest absolute Gasteiger partial charge is 0.449 e. The zero-order chi connectivity index (χ0) is 23.4.